The van der Waals surface area contributed by atoms with E-state index in [4.69, 9.17) is 14.2 Å². The zero-order valence-electron chi connectivity index (χ0n) is 53.1. The van der Waals surface area contributed by atoms with Crippen LogP contribution in [0.5, 0.6) is 0 Å². The second-order valence-electron chi connectivity index (χ2n) is 23.0. The van der Waals surface area contributed by atoms with Crippen LogP contribution in [0.3, 0.4) is 0 Å². The Balaban J connectivity index is 4.13. The molecule has 0 N–H and O–H groups in total. The summed E-state index contributed by atoms with van der Waals surface area (Å²) in [6, 6.07) is 0. The fraction of sp³-hybridized carbons (Fsp3) is 0.770. The molecule has 0 bridgehead atoms. The highest BCUT2D eigenvalue weighted by Crippen LogP contribution is 2.18. The summed E-state index contributed by atoms with van der Waals surface area (Å²) in [5.74, 6) is -0.891. The smallest absolute Gasteiger partial charge is 0.306 e. The topological polar surface area (TPSA) is 78.9 Å². The maximum Gasteiger partial charge on any atom is 0.306 e. The largest absolute Gasteiger partial charge is 0.462 e. The molecular formula is C74H130O6. The van der Waals surface area contributed by atoms with Gasteiger partial charge in [-0.1, -0.05) is 324 Å². The minimum absolute atomic E-state index is 0.0803. The summed E-state index contributed by atoms with van der Waals surface area (Å²) in [5.41, 5.74) is 0. The van der Waals surface area contributed by atoms with Crippen molar-refractivity contribution >= 4 is 17.9 Å². The van der Waals surface area contributed by atoms with E-state index in [1.165, 1.54) is 199 Å². The first-order valence-electron chi connectivity index (χ1n) is 34.6. The lowest BCUT2D eigenvalue weighted by Crippen LogP contribution is -2.30. The molecule has 1 unspecified atom stereocenters. The van der Waals surface area contributed by atoms with Crippen LogP contribution in [0.15, 0.2) is 85.1 Å². The third-order valence-electron chi connectivity index (χ3n) is 15.1. The van der Waals surface area contributed by atoms with E-state index in [0.29, 0.717) is 19.3 Å². The first-order chi connectivity index (χ1) is 39.5. The number of esters is 3. The van der Waals surface area contributed by atoms with Crippen molar-refractivity contribution in [3.05, 3.63) is 85.1 Å². The number of allylic oxidation sites excluding steroid dienone is 14. The Kier molecular flexibility index (Phi) is 65.2. The van der Waals surface area contributed by atoms with Crippen molar-refractivity contribution in [3.63, 3.8) is 0 Å². The molecule has 0 spiro atoms. The third kappa shape index (κ3) is 65.4. The van der Waals surface area contributed by atoms with Crippen molar-refractivity contribution in [3.8, 4) is 0 Å². The number of unbranched alkanes of at least 4 members (excludes halogenated alkanes) is 38. The number of carbonyl (C=O) groups excluding carboxylic acids is 3. The van der Waals surface area contributed by atoms with Crippen molar-refractivity contribution in [1.29, 1.82) is 0 Å². The van der Waals surface area contributed by atoms with Gasteiger partial charge in [0, 0.05) is 19.3 Å². The highest BCUT2D eigenvalue weighted by Gasteiger charge is 2.19. The minimum atomic E-state index is -0.785. The summed E-state index contributed by atoms with van der Waals surface area (Å²) in [7, 11) is 0. The van der Waals surface area contributed by atoms with Crippen LogP contribution in [0, 0.1) is 0 Å². The average molecular weight is 1120 g/mol. The van der Waals surface area contributed by atoms with E-state index in [0.717, 1.165) is 109 Å². The molecule has 0 aliphatic heterocycles. The second-order valence-corrected chi connectivity index (χ2v) is 23.0. The number of carbonyl (C=O) groups is 3. The molecule has 0 saturated heterocycles. The Morgan fingerprint density at radius 3 is 0.775 bits per heavy atom. The Bertz CT molecular complexity index is 1520. The van der Waals surface area contributed by atoms with Gasteiger partial charge in [0.2, 0.25) is 0 Å². The molecule has 0 aromatic carbocycles. The molecule has 0 radical (unpaired) electrons. The van der Waals surface area contributed by atoms with Crippen LogP contribution in [0.1, 0.15) is 348 Å². The molecule has 0 fully saturated rings. The van der Waals surface area contributed by atoms with Crippen LogP contribution < -0.4 is 0 Å². The lowest BCUT2D eigenvalue weighted by atomic mass is 10.0. The van der Waals surface area contributed by atoms with E-state index in [9.17, 15) is 14.4 Å². The van der Waals surface area contributed by atoms with Gasteiger partial charge in [-0.15, -0.1) is 0 Å². The molecule has 0 aliphatic rings. The van der Waals surface area contributed by atoms with Crippen molar-refractivity contribution in [2.45, 2.75) is 354 Å². The maximum absolute atomic E-state index is 12.9. The van der Waals surface area contributed by atoms with Gasteiger partial charge in [0.15, 0.2) is 6.10 Å². The van der Waals surface area contributed by atoms with Crippen LogP contribution in [-0.2, 0) is 28.6 Å². The molecule has 0 saturated carbocycles. The van der Waals surface area contributed by atoms with E-state index in [1.54, 1.807) is 0 Å². The van der Waals surface area contributed by atoms with Gasteiger partial charge in [-0.3, -0.25) is 14.4 Å². The molecule has 6 heteroatoms. The summed E-state index contributed by atoms with van der Waals surface area (Å²) >= 11 is 0. The third-order valence-corrected chi connectivity index (χ3v) is 15.1. The molecule has 0 rings (SSSR count). The number of hydrogen-bond donors (Lipinski definition) is 0. The van der Waals surface area contributed by atoms with E-state index in [-0.39, 0.29) is 31.1 Å². The first kappa shape index (κ1) is 76.6. The summed E-state index contributed by atoms with van der Waals surface area (Å²) in [5, 5.41) is 0. The maximum atomic E-state index is 12.9. The Morgan fingerprint density at radius 2 is 0.487 bits per heavy atom. The van der Waals surface area contributed by atoms with Crippen molar-refractivity contribution in [1.82, 2.24) is 0 Å². The van der Waals surface area contributed by atoms with Gasteiger partial charge in [-0.05, 0) is 89.9 Å². The average Bonchev–Trinajstić information content (AvgIpc) is 3.46. The fourth-order valence-corrected chi connectivity index (χ4v) is 10.0. The zero-order valence-corrected chi connectivity index (χ0v) is 53.1. The van der Waals surface area contributed by atoms with Gasteiger partial charge in [-0.25, -0.2) is 0 Å². The van der Waals surface area contributed by atoms with Gasteiger partial charge in [-0.2, -0.15) is 0 Å². The van der Waals surface area contributed by atoms with Crippen molar-refractivity contribution in [2.75, 3.05) is 13.2 Å². The van der Waals surface area contributed by atoms with E-state index in [2.05, 4.69) is 106 Å². The Labute approximate surface area is 496 Å². The molecule has 0 aromatic heterocycles. The molecule has 0 aliphatic carbocycles. The second kappa shape index (κ2) is 68.1. The van der Waals surface area contributed by atoms with Gasteiger partial charge in [0.1, 0.15) is 13.2 Å². The predicted octanol–water partition coefficient (Wildman–Crippen LogP) is 23.8. The number of hydrogen-bond acceptors (Lipinski definition) is 6. The van der Waals surface area contributed by atoms with Crippen LogP contribution in [0.25, 0.3) is 0 Å². The molecule has 0 amide bonds. The number of rotatable bonds is 63. The van der Waals surface area contributed by atoms with Gasteiger partial charge in [0.05, 0.1) is 0 Å². The lowest BCUT2D eigenvalue weighted by molar-refractivity contribution is -0.167. The Morgan fingerprint density at radius 1 is 0.263 bits per heavy atom. The highest BCUT2D eigenvalue weighted by atomic mass is 16.6. The van der Waals surface area contributed by atoms with Crippen LogP contribution in [0.4, 0.5) is 0 Å². The molecule has 6 nitrogen and oxygen atoms in total. The van der Waals surface area contributed by atoms with Gasteiger partial charge < -0.3 is 14.2 Å². The Hall–Kier alpha value is -3.41. The SMILES string of the molecule is CC/C=C\C/C=C\C/C=C\C/C=C\CCCCCCCCCCCCCCCCCCCCCCC(=O)OCC(COC(=O)CCCCC/C=C\C/C=C\C/C=C\CC)OC(=O)CCCCCCCCCCCCCCCCCC. The van der Waals surface area contributed by atoms with Crippen LogP contribution >= 0.6 is 0 Å². The monoisotopic (exact) mass is 1110 g/mol. The normalized spacial score (nSPS) is 12.6. The molecule has 80 heavy (non-hydrogen) atoms. The van der Waals surface area contributed by atoms with Crippen LogP contribution in [-0.4, -0.2) is 37.2 Å². The summed E-state index contributed by atoms with van der Waals surface area (Å²) in [4.78, 5) is 38.3. The molecule has 1 atom stereocenters. The molecule has 0 aromatic rings. The minimum Gasteiger partial charge on any atom is -0.462 e. The highest BCUT2D eigenvalue weighted by molar-refractivity contribution is 5.71. The zero-order chi connectivity index (χ0) is 57.8. The summed E-state index contributed by atoms with van der Waals surface area (Å²) < 4.78 is 16.9. The van der Waals surface area contributed by atoms with Crippen LogP contribution in [0.2, 0.25) is 0 Å². The van der Waals surface area contributed by atoms with E-state index >= 15 is 0 Å². The standard InChI is InChI=1S/C74H130O6/c1-4-7-10-13-16-19-22-25-27-29-30-31-32-33-34-35-36-37-38-39-40-41-42-43-44-45-47-49-52-55-58-61-64-67-73(76)79-70-71(69-78-72(75)66-63-60-57-54-51-48-24-21-18-15-12-9-6-3)80-74(77)68-65-62-59-56-53-50-46-28-26-23-20-17-14-11-8-5-2/h7,9-10,12,16,18-19,21,25,27,30-31,48,51,71H,4-6,8,11,13-15,17,20,22-24,26,28-29,32-47,49-50,52-70H2,1-3H3/b10-7-,12-9-,19-16-,21-18-,27-25-,31-30-,51-48-. The molecular weight excluding hydrogens is 985 g/mol. The van der Waals surface area contributed by atoms with Crippen molar-refractivity contribution in [2.24, 2.45) is 0 Å². The van der Waals surface area contributed by atoms with Gasteiger partial charge >= 0.3 is 17.9 Å². The fourth-order valence-electron chi connectivity index (χ4n) is 10.0. The quantitative estimate of drug-likeness (QED) is 0.0261. The lowest BCUT2D eigenvalue weighted by Gasteiger charge is -2.18. The number of ether oxygens (including phenoxy) is 3. The first-order valence-corrected chi connectivity index (χ1v) is 34.6. The predicted molar refractivity (Wildman–Crippen MR) is 348 cm³/mol. The van der Waals surface area contributed by atoms with E-state index in [1.807, 2.05) is 0 Å². The molecule has 462 valence electrons. The van der Waals surface area contributed by atoms with Crippen molar-refractivity contribution < 1.29 is 28.6 Å². The van der Waals surface area contributed by atoms with E-state index < -0.39 is 6.10 Å². The van der Waals surface area contributed by atoms with Gasteiger partial charge in [0.25, 0.3) is 0 Å². The molecule has 0 heterocycles. The summed E-state index contributed by atoms with van der Waals surface area (Å²) in [6.07, 6.45) is 90.5. The summed E-state index contributed by atoms with van der Waals surface area (Å²) in [6.45, 7) is 6.43.